The number of amides is 2. The van der Waals surface area contributed by atoms with E-state index < -0.39 is 29.3 Å². The number of ether oxygens (including phenoxy) is 2. The van der Waals surface area contributed by atoms with Crippen LogP contribution in [0.15, 0.2) is 53.3 Å². The maximum Gasteiger partial charge on any atom is 0.333 e. The first-order chi connectivity index (χ1) is 16.9. The third-order valence-corrected chi connectivity index (χ3v) is 6.07. The van der Waals surface area contributed by atoms with Crippen LogP contribution < -0.4 is 10.7 Å². The molecule has 1 fully saturated rings. The first kappa shape index (κ1) is 24.8. The van der Waals surface area contributed by atoms with Crippen LogP contribution in [0.4, 0.5) is 10.5 Å². The number of allylic oxidation sites excluding steroid dienone is 5. The number of nitrogens with zero attached hydrogens (tertiary/aromatic N) is 1. The Kier molecular flexibility index (Phi) is 7.80. The molecule has 35 heavy (non-hydrogen) atoms. The van der Waals surface area contributed by atoms with Gasteiger partial charge in [0, 0.05) is 30.6 Å². The maximum atomic E-state index is 13.4. The molecule has 1 aliphatic heterocycles. The first-order valence-electron chi connectivity index (χ1n) is 11.3. The standard InChI is InChI=1S/C25H26ClN3O6/c1-15-14-16(35-11-8-26)4-2-5-17(15)22(30)21-23(31)18-6-3-7-19(20(18)24(21)32)27-25(33)28-29-9-12-34-13-10-29/h2-3,5-7,14,21H,4,8-13H2,1H3,(H2,27,28,33). The lowest BCUT2D eigenvalue weighted by molar-refractivity contribution is -0.116. The van der Waals surface area contributed by atoms with E-state index in [1.54, 1.807) is 36.2 Å². The molecule has 3 aliphatic rings. The van der Waals surface area contributed by atoms with Gasteiger partial charge in [-0.3, -0.25) is 19.8 Å². The molecular weight excluding hydrogens is 474 g/mol. The van der Waals surface area contributed by atoms with Crippen LogP contribution in [0, 0.1) is 5.92 Å². The summed E-state index contributed by atoms with van der Waals surface area (Å²) in [6.45, 7) is 4.12. The third-order valence-electron chi connectivity index (χ3n) is 5.92. The van der Waals surface area contributed by atoms with Crippen LogP contribution in [0.3, 0.4) is 0 Å². The van der Waals surface area contributed by atoms with E-state index in [1.807, 2.05) is 0 Å². The normalized spacial score (nSPS) is 20.3. The molecule has 1 unspecified atom stereocenters. The molecule has 1 aromatic carbocycles. The molecule has 0 saturated carbocycles. The highest BCUT2D eigenvalue weighted by Gasteiger charge is 2.45. The van der Waals surface area contributed by atoms with Crippen molar-refractivity contribution < 1.29 is 28.7 Å². The van der Waals surface area contributed by atoms with Crippen molar-refractivity contribution in [3.8, 4) is 0 Å². The summed E-state index contributed by atoms with van der Waals surface area (Å²) in [7, 11) is 0. The average molecular weight is 500 g/mol. The number of morpholine rings is 1. The van der Waals surface area contributed by atoms with Gasteiger partial charge in [-0.25, -0.2) is 9.80 Å². The summed E-state index contributed by atoms with van der Waals surface area (Å²) in [4.78, 5) is 52.4. The van der Waals surface area contributed by atoms with Crippen molar-refractivity contribution in [2.45, 2.75) is 13.3 Å². The number of fused-ring (bicyclic) bond motifs is 1. The molecule has 10 heteroatoms. The van der Waals surface area contributed by atoms with Crippen LogP contribution in [-0.2, 0) is 14.3 Å². The van der Waals surface area contributed by atoms with Crippen molar-refractivity contribution in [1.82, 2.24) is 10.4 Å². The highest BCUT2D eigenvalue weighted by Crippen LogP contribution is 2.35. The van der Waals surface area contributed by atoms with Gasteiger partial charge in [-0.1, -0.05) is 24.3 Å². The third kappa shape index (κ3) is 5.37. The van der Waals surface area contributed by atoms with Gasteiger partial charge in [0.2, 0.25) is 0 Å². The number of urea groups is 1. The van der Waals surface area contributed by atoms with Crippen molar-refractivity contribution in [2.75, 3.05) is 44.1 Å². The van der Waals surface area contributed by atoms with Crippen molar-refractivity contribution in [3.05, 3.63) is 64.5 Å². The Morgan fingerprint density at radius 1 is 1.20 bits per heavy atom. The van der Waals surface area contributed by atoms with E-state index in [1.165, 1.54) is 12.1 Å². The van der Waals surface area contributed by atoms with E-state index in [9.17, 15) is 19.2 Å². The second-order valence-corrected chi connectivity index (χ2v) is 8.65. The van der Waals surface area contributed by atoms with Crippen molar-refractivity contribution in [3.63, 3.8) is 0 Å². The Balaban J connectivity index is 1.55. The average Bonchev–Trinajstić information content (AvgIpc) is 2.97. The van der Waals surface area contributed by atoms with E-state index in [4.69, 9.17) is 21.1 Å². The molecule has 184 valence electrons. The molecule has 2 aliphatic carbocycles. The maximum absolute atomic E-state index is 13.4. The number of Topliss-reactive ketones (excluding diaryl/α,β-unsaturated/α-hetero) is 3. The van der Waals surface area contributed by atoms with Gasteiger partial charge in [-0.15, -0.1) is 11.6 Å². The number of carbonyl (C=O) groups excluding carboxylic acids is 4. The first-order valence-corrected chi connectivity index (χ1v) is 11.9. The van der Waals surface area contributed by atoms with Gasteiger partial charge in [0.05, 0.1) is 30.3 Å². The van der Waals surface area contributed by atoms with Gasteiger partial charge in [-0.05, 0) is 24.6 Å². The van der Waals surface area contributed by atoms with E-state index in [0.717, 1.165) is 0 Å². The monoisotopic (exact) mass is 499 g/mol. The number of nitrogens with one attached hydrogen (secondary N) is 2. The molecule has 0 bridgehead atoms. The zero-order valence-corrected chi connectivity index (χ0v) is 20.0. The summed E-state index contributed by atoms with van der Waals surface area (Å²) in [5.41, 5.74) is 3.91. The van der Waals surface area contributed by atoms with E-state index in [-0.39, 0.29) is 22.4 Å². The van der Waals surface area contributed by atoms with Crippen molar-refractivity contribution in [2.24, 2.45) is 5.92 Å². The Morgan fingerprint density at radius 3 is 2.71 bits per heavy atom. The number of hydrogen-bond donors (Lipinski definition) is 2. The van der Waals surface area contributed by atoms with Gasteiger partial charge in [0.1, 0.15) is 18.3 Å². The summed E-state index contributed by atoms with van der Waals surface area (Å²) in [6, 6.07) is 4.06. The molecule has 4 rings (SSSR count). The zero-order chi connectivity index (χ0) is 24.9. The molecule has 1 atom stereocenters. The van der Waals surface area contributed by atoms with Gasteiger partial charge >= 0.3 is 6.03 Å². The van der Waals surface area contributed by atoms with Crippen LogP contribution in [0.5, 0.6) is 0 Å². The summed E-state index contributed by atoms with van der Waals surface area (Å²) in [6.07, 6.45) is 5.55. The van der Waals surface area contributed by atoms with Crippen LogP contribution >= 0.6 is 11.6 Å². The second kappa shape index (κ2) is 11.0. The SMILES string of the molecule is CC1=C(C(=O)C2C(=O)c3cccc(NC(=O)NN4CCOCC4)c3C2=O)C=CCC(OCCCl)=C1. The number of hydrogen-bond acceptors (Lipinski definition) is 7. The predicted octanol–water partition coefficient (Wildman–Crippen LogP) is 3.04. The second-order valence-electron chi connectivity index (χ2n) is 8.27. The number of benzene rings is 1. The molecule has 1 saturated heterocycles. The fraction of sp³-hybridized carbons (Fsp3) is 0.360. The smallest absolute Gasteiger partial charge is 0.333 e. The lowest BCUT2D eigenvalue weighted by Crippen LogP contribution is -2.49. The number of rotatable bonds is 7. The predicted molar refractivity (Wildman–Crippen MR) is 129 cm³/mol. The molecule has 1 aromatic rings. The lowest BCUT2D eigenvalue weighted by Gasteiger charge is -2.27. The molecule has 1 heterocycles. The Morgan fingerprint density at radius 2 is 1.97 bits per heavy atom. The minimum atomic E-state index is -1.50. The Bertz CT molecular complexity index is 1150. The molecule has 9 nitrogen and oxygen atoms in total. The van der Waals surface area contributed by atoms with Crippen LogP contribution in [0.1, 0.15) is 34.1 Å². The molecular formula is C25H26ClN3O6. The van der Waals surface area contributed by atoms with E-state index in [2.05, 4.69) is 10.7 Å². The molecule has 0 spiro atoms. The van der Waals surface area contributed by atoms with Crippen LogP contribution in [0.2, 0.25) is 0 Å². The lowest BCUT2D eigenvalue weighted by atomic mass is 9.90. The number of ketones is 3. The van der Waals surface area contributed by atoms with Crippen LogP contribution in [-0.4, -0.2) is 67.2 Å². The van der Waals surface area contributed by atoms with Crippen molar-refractivity contribution in [1.29, 1.82) is 0 Å². The van der Waals surface area contributed by atoms with Gasteiger partial charge in [0.25, 0.3) is 0 Å². The van der Waals surface area contributed by atoms with Gasteiger partial charge in [-0.2, -0.15) is 0 Å². The number of anilines is 1. The number of carbonyl (C=O) groups is 4. The molecule has 0 aromatic heterocycles. The molecule has 2 amide bonds. The van der Waals surface area contributed by atoms with Gasteiger partial charge < -0.3 is 14.8 Å². The fourth-order valence-electron chi connectivity index (χ4n) is 4.26. The zero-order valence-electron chi connectivity index (χ0n) is 19.3. The molecule has 0 radical (unpaired) electrons. The summed E-state index contributed by atoms with van der Waals surface area (Å²) >= 11 is 5.68. The summed E-state index contributed by atoms with van der Waals surface area (Å²) in [5, 5.41) is 4.35. The number of alkyl halides is 1. The van der Waals surface area contributed by atoms with Crippen molar-refractivity contribution >= 4 is 40.7 Å². The minimum Gasteiger partial charge on any atom is -0.496 e. The summed E-state index contributed by atoms with van der Waals surface area (Å²) < 4.78 is 10.8. The topological polar surface area (TPSA) is 114 Å². The largest absolute Gasteiger partial charge is 0.496 e. The quantitative estimate of drug-likeness (QED) is 0.438. The number of halogens is 1. The highest BCUT2D eigenvalue weighted by molar-refractivity contribution is 6.39. The van der Waals surface area contributed by atoms with Crippen LogP contribution in [0.25, 0.3) is 0 Å². The Hall–Kier alpha value is -3.27. The fourth-order valence-corrected chi connectivity index (χ4v) is 4.34. The molecule has 2 N–H and O–H groups in total. The van der Waals surface area contributed by atoms with E-state index >= 15 is 0 Å². The van der Waals surface area contributed by atoms with E-state index in [0.29, 0.717) is 56.5 Å². The minimum absolute atomic E-state index is 0.0468. The number of hydrazine groups is 1. The Labute approximate surface area is 207 Å². The summed E-state index contributed by atoms with van der Waals surface area (Å²) in [5.74, 6) is -2.30. The highest BCUT2D eigenvalue weighted by atomic mass is 35.5. The van der Waals surface area contributed by atoms with Gasteiger partial charge in [0.15, 0.2) is 17.3 Å².